The molecular formula is C17H26N4O3. The highest BCUT2D eigenvalue weighted by Gasteiger charge is 2.31. The fraction of sp³-hybridized carbons (Fsp3) is 0.588. The molecule has 7 nitrogen and oxygen atoms in total. The summed E-state index contributed by atoms with van der Waals surface area (Å²) in [5.41, 5.74) is 1.04. The first-order valence-electron chi connectivity index (χ1n) is 8.45. The van der Waals surface area contributed by atoms with E-state index in [1.54, 1.807) is 12.4 Å². The number of carbonyl (C=O) groups is 2. The van der Waals surface area contributed by atoms with E-state index in [1.807, 2.05) is 24.0 Å². The van der Waals surface area contributed by atoms with Crippen molar-refractivity contribution < 1.29 is 14.3 Å². The molecule has 2 heterocycles. The van der Waals surface area contributed by atoms with E-state index in [4.69, 9.17) is 4.74 Å². The van der Waals surface area contributed by atoms with Gasteiger partial charge in [0.05, 0.1) is 12.5 Å². The van der Waals surface area contributed by atoms with Gasteiger partial charge >= 0.3 is 0 Å². The van der Waals surface area contributed by atoms with E-state index < -0.39 is 6.04 Å². The van der Waals surface area contributed by atoms with Crippen molar-refractivity contribution in [1.29, 1.82) is 0 Å². The maximum absolute atomic E-state index is 12.2. The van der Waals surface area contributed by atoms with E-state index in [2.05, 4.69) is 15.6 Å². The van der Waals surface area contributed by atoms with E-state index in [9.17, 15) is 9.59 Å². The molecule has 0 unspecified atom stereocenters. The van der Waals surface area contributed by atoms with E-state index >= 15 is 0 Å². The van der Waals surface area contributed by atoms with Crippen molar-refractivity contribution in [3.63, 3.8) is 0 Å². The van der Waals surface area contributed by atoms with E-state index in [0.29, 0.717) is 32.8 Å². The van der Waals surface area contributed by atoms with Gasteiger partial charge in [-0.15, -0.1) is 0 Å². The normalized spacial score (nSPS) is 18.2. The van der Waals surface area contributed by atoms with Crippen LogP contribution in [0, 0.1) is 0 Å². The first-order valence-corrected chi connectivity index (χ1v) is 8.45. The maximum atomic E-state index is 12.2. The van der Waals surface area contributed by atoms with Gasteiger partial charge in [-0.3, -0.25) is 19.5 Å². The smallest absolute Gasteiger partial charge is 0.237 e. The van der Waals surface area contributed by atoms with Crippen LogP contribution in [0.5, 0.6) is 0 Å². The van der Waals surface area contributed by atoms with Gasteiger partial charge in [0, 0.05) is 51.8 Å². The number of rotatable bonds is 9. The van der Waals surface area contributed by atoms with Gasteiger partial charge in [-0.25, -0.2) is 0 Å². The Morgan fingerprint density at radius 3 is 3.17 bits per heavy atom. The number of piperazine rings is 1. The topological polar surface area (TPSA) is 83.6 Å². The Labute approximate surface area is 142 Å². The molecule has 1 aliphatic rings. The molecule has 132 valence electrons. The van der Waals surface area contributed by atoms with Crippen molar-refractivity contribution in [2.45, 2.75) is 32.4 Å². The number of hydrogen-bond acceptors (Lipinski definition) is 5. The lowest BCUT2D eigenvalue weighted by Crippen LogP contribution is -2.56. The molecule has 0 saturated carbocycles. The third-order valence-electron chi connectivity index (χ3n) is 3.92. The van der Waals surface area contributed by atoms with Gasteiger partial charge in [-0.05, 0) is 25.0 Å². The Hall–Kier alpha value is -1.99. The highest BCUT2D eigenvalue weighted by molar-refractivity contribution is 5.88. The minimum atomic E-state index is -0.439. The molecule has 1 aromatic rings. The molecule has 24 heavy (non-hydrogen) atoms. The van der Waals surface area contributed by atoms with Gasteiger partial charge in [0.1, 0.15) is 0 Å². The van der Waals surface area contributed by atoms with Crippen LogP contribution in [0.15, 0.2) is 24.5 Å². The number of nitrogens with one attached hydrogen (secondary N) is 2. The summed E-state index contributed by atoms with van der Waals surface area (Å²) >= 11 is 0. The van der Waals surface area contributed by atoms with Crippen LogP contribution in [-0.4, -0.2) is 60.6 Å². The average molecular weight is 334 g/mol. The first-order chi connectivity index (χ1) is 11.7. The lowest BCUT2D eigenvalue weighted by atomic mass is 10.1. The van der Waals surface area contributed by atoms with Crippen molar-refractivity contribution in [2.24, 2.45) is 0 Å². The lowest BCUT2D eigenvalue weighted by molar-refractivity contribution is -0.134. The minimum Gasteiger partial charge on any atom is -0.382 e. The number of carbonyl (C=O) groups excluding carboxylic acids is 2. The zero-order valence-corrected chi connectivity index (χ0v) is 14.2. The van der Waals surface area contributed by atoms with Crippen LogP contribution >= 0.6 is 0 Å². The standard InChI is InChI=1S/C17H26N4O3/c1-2-24-10-4-7-19-16(22)11-15-17(23)20-8-9-21(15)13-14-5-3-6-18-12-14/h3,5-6,12,15H,2,4,7-11,13H2,1H3,(H,19,22)(H,20,23)/t15-/m0/s1. The third kappa shape index (κ3) is 5.90. The van der Waals surface area contributed by atoms with Gasteiger partial charge in [-0.1, -0.05) is 6.07 Å². The van der Waals surface area contributed by atoms with Crippen LogP contribution in [-0.2, 0) is 20.9 Å². The summed E-state index contributed by atoms with van der Waals surface area (Å²) in [6.07, 6.45) is 4.45. The van der Waals surface area contributed by atoms with Gasteiger partial charge in [0.2, 0.25) is 11.8 Å². The Morgan fingerprint density at radius 2 is 2.42 bits per heavy atom. The molecule has 2 amide bonds. The molecule has 2 rings (SSSR count). The molecule has 1 saturated heterocycles. The van der Waals surface area contributed by atoms with Crippen molar-refractivity contribution in [2.75, 3.05) is 32.8 Å². The van der Waals surface area contributed by atoms with Crippen LogP contribution in [0.3, 0.4) is 0 Å². The molecule has 0 aliphatic carbocycles. The Balaban J connectivity index is 1.84. The summed E-state index contributed by atoms with van der Waals surface area (Å²) in [4.78, 5) is 30.4. The zero-order valence-electron chi connectivity index (χ0n) is 14.2. The van der Waals surface area contributed by atoms with Crippen molar-refractivity contribution >= 4 is 11.8 Å². The monoisotopic (exact) mass is 334 g/mol. The Morgan fingerprint density at radius 1 is 1.54 bits per heavy atom. The second kappa shape index (κ2) is 10.00. The molecule has 0 spiro atoms. The zero-order chi connectivity index (χ0) is 17.2. The molecule has 1 atom stereocenters. The molecule has 0 aromatic carbocycles. The Kier molecular flexibility index (Phi) is 7.64. The fourth-order valence-corrected chi connectivity index (χ4v) is 2.69. The Bertz CT molecular complexity index is 524. The number of pyridine rings is 1. The summed E-state index contributed by atoms with van der Waals surface area (Å²) in [5.74, 6) is -0.195. The fourth-order valence-electron chi connectivity index (χ4n) is 2.69. The lowest BCUT2D eigenvalue weighted by Gasteiger charge is -2.34. The van der Waals surface area contributed by atoms with Gasteiger partial charge in [0.15, 0.2) is 0 Å². The van der Waals surface area contributed by atoms with Gasteiger partial charge in [0.25, 0.3) is 0 Å². The van der Waals surface area contributed by atoms with Crippen LogP contribution in [0.4, 0.5) is 0 Å². The van der Waals surface area contributed by atoms with Gasteiger partial charge in [-0.2, -0.15) is 0 Å². The molecular weight excluding hydrogens is 308 g/mol. The highest BCUT2D eigenvalue weighted by Crippen LogP contribution is 2.13. The predicted molar refractivity (Wildman–Crippen MR) is 90.2 cm³/mol. The van der Waals surface area contributed by atoms with Crippen molar-refractivity contribution in [3.05, 3.63) is 30.1 Å². The number of nitrogens with zero attached hydrogens (tertiary/aromatic N) is 2. The second-order valence-electron chi connectivity index (χ2n) is 5.74. The maximum Gasteiger partial charge on any atom is 0.237 e. The van der Waals surface area contributed by atoms with Crippen LogP contribution in [0.25, 0.3) is 0 Å². The summed E-state index contributed by atoms with van der Waals surface area (Å²) in [6.45, 7) is 5.76. The van der Waals surface area contributed by atoms with E-state index in [1.165, 1.54) is 0 Å². The van der Waals surface area contributed by atoms with Crippen LogP contribution in [0.1, 0.15) is 25.3 Å². The quantitative estimate of drug-likeness (QED) is 0.635. The third-order valence-corrected chi connectivity index (χ3v) is 3.92. The van der Waals surface area contributed by atoms with Crippen molar-refractivity contribution in [1.82, 2.24) is 20.5 Å². The number of amides is 2. The molecule has 0 radical (unpaired) electrons. The molecule has 1 aromatic heterocycles. The van der Waals surface area contributed by atoms with Crippen LogP contribution in [0.2, 0.25) is 0 Å². The number of hydrogen-bond donors (Lipinski definition) is 2. The van der Waals surface area contributed by atoms with E-state index in [-0.39, 0.29) is 18.2 Å². The molecule has 1 aliphatic heterocycles. The number of aromatic nitrogens is 1. The largest absolute Gasteiger partial charge is 0.382 e. The highest BCUT2D eigenvalue weighted by atomic mass is 16.5. The summed E-state index contributed by atoms with van der Waals surface area (Å²) in [5, 5.41) is 5.70. The number of ether oxygens (including phenoxy) is 1. The van der Waals surface area contributed by atoms with Gasteiger partial charge < -0.3 is 15.4 Å². The van der Waals surface area contributed by atoms with Crippen LogP contribution < -0.4 is 10.6 Å². The molecule has 0 bridgehead atoms. The average Bonchev–Trinajstić information content (AvgIpc) is 2.59. The SMILES string of the molecule is CCOCCCNC(=O)C[C@H]1C(=O)NCCN1Cc1cccnc1. The van der Waals surface area contributed by atoms with Crippen molar-refractivity contribution in [3.8, 4) is 0 Å². The summed E-state index contributed by atoms with van der Waals surface area (Å²) in [7, 11) is 0. The minimum absolute atomic E-state index is 0.0883. The summed E-state index contributed by atoms with van der Waals surface area (Å²) in [6, 6.07) is 3.41. The first kappa shape index (κ1) is 18.4. The molecule has 2 N–H and O–H groups in total. The molecule has 7 heteroatoms. The summed E-state index contributed by atoms with van der Waals surface area (Å²) < 4.78 is 5.24. The molecule has 1 fully saturated rings. The second-order valence-corrected chi connectivity index (χ2v) is 5.74. The predicted octanol–water partition coefficient (Wildman–Crippen LogP) is 0.315. The van der Waals surface area contributed by atoms with E-state index in [0.717, 1.165) is 18.5 Å².